The summed E-state index contributed by atoms with van der Waals surface area (Å²) in [7, 11) is 0. The Balaban J connectivity index is 2.24. The maximum absolute atomic E-state index is 12.6. The average Bonchev–Trinajstić information content (AvgIpc) is 2.98. The van der Waals surface area contributed by atoms with Crippen LogP contribution in [-0.4, -0.2) is 17.0 Å². The Hall–Kier alpha value is -2.04. The highest BCUT2D eigenvalue weighted by atomic mass is 16.4. The fourth-order valence-corrected chi connectivity index (χ4v) is 3.02. The molecule has 114 valence electrons. The SMILES string of the molecule is CCC1(C(=O)Nc2cc(/C(N)=N/O)ccc2C)CCCC1. The molecule has 0 radical (unpaired) electrons. The van der Waals surface area contributed by atoms with Crippen LogP contribution < -0.4 is 11.1 Å². The summed E-state index contributed by atoms with van der Waals surface area (Å²) in [6.07, 6.45) is 5.00. The van der Waals surface area contributed by atoms with E-state index >= 15 is 0 Å². The standard InChI is InChI=1S/C16H23N3O2/c1-3-16(8-4-5-9-16)15(20)18-13-10-12(14(17)19-21)7-6-11(13)2/h6-7,10,21H,3-5,8-9H2,1-2H3,(H2,17,19)(H,18,20). The number of carbonyl (C=O) groups excluding carboxylic acids is 1. The lowest BCUT2D eigenvalue weighted by atomic mass is 9.82. The molecular weight excluding hydrogens is 266 g/mol. The summed E-state index contributed by atoms with van der Waals surface area (Å²) in [5.74, 6) is 0.124. The largest absolute Gasteiger partial charge is 0.409 e. The Morgan fingerprint density at radius 1 is 1.43 bits per heavy atom. The number of nitrogens with zero attached hydrogens (tertiary/aromatic N) is 1. The van der Waals surface area contributed by atoms with Gasteiger partial charge in [-0.3, -0.25) is 4.79 Å². The van der Waals surface area contributed by atoms with Crippen molar-refractivity contribution in [1.82, 2.24) is 0 Å². The van der Waals surface area contributed by atoms with Gasteiger partial charge < -0.3 is 16.3 Å². The van der Waals surface area contributed by atoms with Crippen LogP contribution in [0.3, 0.4) is 0 Å². The highest BCUT2D eigenvalue weighted by Gasteiger charge is 2.39. The Labute approximate surface area is 125 Å². The first-order valence-corrected chi connectivity index (χ1v) is 7.42. The van der Waals surface area contributed by atoms with E-state index in [9.17, 15) is 4.79 Å². The lowest BCUT2D eigenvalue weighted by Crippen LogP contribution is -2.33. The Kier molecular flexibility index (Phi) is 4.50. The minimum Gasteiger partial charge on any atom is -0.409 e. The van der Waals surface area contributed by atoms with Gasteiger partial charge in [0.25, 0.3) is 0 Å². The fraction of sp³-hybridized carbons (Fsp3) is 0.500. The number of benzene rings is 1. The summed E-state index contributed by atoms with van der Waals surface area (Å²) in [4.78, 5) is 12.6. The van der Waals surface area contributed by atoms with Crippen LogP contribution in [0.1, 0.15) is 50.2 Å². The van der Waals surface area contributed by atoms with E-state index < -0.39 is 0 Å². The predicted molar refractivity (Wildman–Crippen MR) is 83.5 cm³/mol. The van der Waals surface area contributed by atoms with Gasteiger partial charge in [0.1, 0.15) is 0 Å². The number of hydrogen-bond donors (Lipinski definition) is 3. The summed E-state index contributed by atoms with van der Waals surface area (Å²) in [5, 5.41) is 14.8. The van der Waals surface area contributed by atoms with E-state index in [0.717, 1.165) is 43.4 Å². The minimum atomic E-state index is -0.237. The maximum atomic E-state index is 12.6. The van der Waals surface area contributed by atoms with Gasteiger partial charge in [-0.05, 0) is 37.8 Å². The Morgan fingerprint density at radius 3 is 2.67 bits per heavy atom. The summed E-state index contributed by atoms with van der Waals surface area (Å²) in [6.45, 7) is 4.00. The van der Waals surface area contributed by atoms with Crippen LogP contribution in [0.2, 0.25) is 0 Å². The highest BCUT2D eigenvalue weighted by molar-refractivity contribution is 6.00. The van der Waals surface area contributed by atoms with Crippen LogP contribution in [0, 0.1) is 12.3 Å². The third kappa shape index (κ3) is 3.01. The molecule has 1 aliphatic rings. The average molecular weight is 289 g/mol. The monoisotopic (exact) mass is 289 g/mol. The molecule has 1 aliphatic carbocycles. The molecule has 5 heteroatoms. The van der Waals surface area contributed by atoms with Crippen LogP contribution in [0.4, 0.5) is 5.69 Å². The van der Waals surface area contributed by atoms with Gasteiger partial charge in [0.2, 0.25) is 5.91 Å². The first-order valence-electron chi connectivity index (χ1n) is 7.42. The molecule has 0 aliphatic heterocycles. The molecule has 0 bridgehead atoms. The molecular formula is C16H23N3O2. The second kappa shape index (κ2) is 6.16. The quantitative estimate of drug-likeness (QED) is 0.344. The number of aryl methyl sites for hydroxylation is 1. The number of rotatable bonds is 4. The zero-order valence-corrected chi connectivity index (χ0v) is 12.6. The van der Waals surface area contributed by atoms with Crippen LogP contribution in [0.15, 0.2) is 23.4 Å². The van der Waals surface area contributed by atoms with Gasteiger partial charge in [-0.15, -0.1) is 0 Å². The molecule has 21 heavy (non-hydrogen) atoms. The third-order valence-electron chi connectivity index (χ3n) is 4.61. The van der Waals surface area contributed by atoms with Crippen molar-refractivity contribution in [1.29, 1.82) is 0 Å². The van der Waals surface area contributed by atoms with Crippen molar-refractivity contribution in [2.24, 2.45) is 16.3 Å². The van der Waals surface area contributed by atoms with Crippen molar-refractivity contribution in [2.45, 2.75) is 46.0 Å². The number of hydrogen-bond acceptors (Lipinski definition) is 3. The summed E-state index contributed by atoms with van der Waals surface area (Å²) in [5.41, 5.74) is 7.65. The lowest BCUT2D eigenvalue weighted by molar-refractivity contribution is -0.125. The first-order chi connectivity index (χ1) is 10.0. The van der Waals surface area contributed by atoms with Crippen molar-refractivity contribution < 1.29 is 10.0 Å². The van der Waals surface area contributed by atoms with Crippen molar-refractivity contribution in [3.05, 3.63) is 29.3 Å². The number of anilines is 1. The number of oxime groups is 1. The van der Waals surface area contributed by atoms with Gasteiger partial charge in [-0.1, -0.05) is 37.1 Å². The Bertz CT molecular complexity index is 561. The molecule has 0 aromatic heterocycles. The molecule has 5 nitrogen and oxygen atoms in total. The minimum absolute atomic E-state index is 0.0385. The van der Waals surface area contributed by atoms with Gasteiger partial charge >= 0.3 is 0 Å². The fourth-order valence-electron chi connectivity index (χ4n) is 3.02. The van der Waals surface area contributed by atoms with Gasteiger partial charge in [-0.25, -0.2) is 0 Å². The topological polar surface area (TPSA) is 87.7 Å². The van der Waals surface area contributed by atoms with Crippen molar-refractivity contribution in [3.8, 4) is 0 Å². The van der Waals surface area contributed by atoms with Crippen molar-refractivity contribution in [2.75, 3.05) is 5.32 Å². The molecule has 0 unspecified atom stereocenters. The molecule has 0 heterocycles. The zero-order chi connectivity index (χ0) is 15.5. The van der Waals surface area contributed by atoms with E-state index in [2.05, 4.69) is 17.4 Å². The van der Waals surface area contributed by atoms with Crippen LogP contribution in [0.5, 0.6) is 0 Å². The molecule has 2 rings (SSSR count). The Morgan fingerprint density at radius 2 is 2.10 bits per heavy atom. The number of amidine groups is 1. The summed E-state index contributed by atoms with van der Waals surface area (Å²) in [6, 6.07) is 5.38. The summed E-state index contributed by atoms with van der Waals surface area (Å²) < 4.78 is 0. The van der Waals surface area contributed by atoms with Crippen molar-refractivity contribution in [3.63, 3.8) is 0 Å². The first kappa shape index (κ1) is 15.4. The van der Waals surface area contributed by atoms with Gasteiger partial charge in [0.15, 0.2) is 5.84 Å². The van der Waals surface area contributed by atoms with Crippen LogP contribution >= 0.6 is 0 Å². The molecule has 1 amide bonds. The molecule has 1 saturated carbocycles. The smallest absolute Gasteiger partial charge is 0.230 e. The molecule has 0 atom stereocenters. The molecule has 0 saturated heterocycles. The number of nitrogens with two attached hydrogens (primary N) is 1. The lowest BCUT2D eigenvalue weighted by Gasteiger charge is -2.26. The highest BCUT2D eigenvalue weighted by Crippen LogP contribution is 2.42. The van der Waals surface area contributed by atoms with Crippen LogP contribution in [-0.2, 0) is 4.79 Å². The third-order valence-corrected chi connectivity index (χ3v) is 4.61. The van der Waals surface area contributed by atoms with E-state index in [1.54, 1.807) is 12.1 Å². The van der Waals surface area contributed by atoms with E-state index in [4.69, 9.17) is 10.9 Å². The summed E-state index contributed by atoms with van der Waals surface area (Å²) >= 11 is 0. The number of nitrogens with one attached hydrogen (secondary N) is 1. The molecule has 0 spiro atoms. The zero-order valence-electron chi connectivity index (χ0n) is 12.6. The normalized spacial score (nSPS) is 17.7. The van der Waals surface area contributed by atoms with Gasteiger partial charge in [0, 0.05) is 16.7 Å². The number of carbonyl (C=O) groups is 1. The van der Waals surface area contributed by atoms with Gasteiger partial charge in [-0.2, -0.15) is 0 Å². The van der Waals surface area contributed by atoms with E-state index in [1.165, 1.54) is 0 Å². The molecule has 4 N–H and O–H groups in total. The van der Waals surface area contributed by atoms with E-state index in [0.29, 0.717) is 5.56 Å². The van der Waals surface area contributed by atoms with Gasteiger partial charge in [0.05, 0.1) is 0 Å². The van der Waals surface area contributed by atoms with Crippen molar-refractivity contribution >= 4 is 17.4 Å². The van der Waals surface area contributed by atoms with E-state index in [-0.39, 0.29) is 17.2 Å². The molecule has 1 aromatic carbocycles. The number of amides is 1. The maximum Gasteiger partial charge on any atom is 0.230 e. The molecule has 1 fully saturated rings. The second-order valence-electron chi connectivity index (χ2n) is 5.81. The van der Waals surface area contributed by atoms with Crippen LogP contribution in [0.25, 0.3) is 0 Å². The van der Waals surface area contributed by atoms with E-state index in [1.807, 2.05) is 13.0 Å². The second-order valence-corrected chi connectivity index (χ2v) is 5.81. The molecule has 1 aromatic rings. The predicted octanol–water partition coefficient (Wildman–Crippen LogP) is 3.00.